The Labute approximate surface area is 106 Å². The van der Waals surface area contributed by atoms with Crippen LogP contribution in [-0.2, 0) is 21.1 Å². The second-order valence-electron chi connectivity index (χ2n) is 2.99. The Morgan fingerprint density at radius 3 is 1.93 bits per heavy atom. The molecule has 2 aliphatic rings. The van der Waals surface area contributed by atoms with Crippen molar-refractivity contribution in [2.45, 2.75) is 19.8 Å². The fourth-order valence-corrected chi connectivity index (χ4v) is 1.90. The van der Waals surface area contributed by atoms with Crippen LogP contribution in [0.2, 0.25) is 0 Å². The van der Waals surface area contributed by atoms with Crippen molar-refractivity contribution in [1.82, 2.24) is 0 Å². The zero-order chi connectivity index (χ0) is 6.27. The number of rotatable bonds is 1. The minimum absolute atomic E-state index is 0. The molecule has 0 N–H and O–H groups in total. The second kappa shape index (κ2) is 9.71. The molecule has 0 saturated heterocycles. The van der Waals surface area contributed by atoms with Crippen molar-refractivity contribution < 1.29 is 21.1 Å². The summed E-state index contributed by atoms with van der Waals surface area (Å²) < 4.78 is 0. The molecule has 2 atom stereocenters. The molecular weight excluding hydrogens is 351 g/mol. The van der Waals surface area contributed by atoms with Gasteiger partial charge in [0.25, 0.3) is 0 Å². The standard InChI is InChI=1S/C9H12.4CH3.Pt/c1-2-8-5-7-3-4-9(8)6-7;;;;;/h3-5,7,9H,2,6H2,1H3;4*1H3;/q;4*-1;+4. The van der Waals surface area contributed by atoms with Gasteiger partial charge in [-0.05, 0) is 24.7 Å². The molecule has 1 heteroatoms. The van der Waals surface area contributed by atoms with Gasteiger partial charge in [0.15, 0.2) is 0 Å². The van der Waals surface area contributed by atoms with Crippen molar-refractivity contribution in [3.05, 3.63) is 53.5 Å². The molecule has 2 aliphatic carbocycles. The van der Waals surface area contributed by atoms with E-state index in [0.717, 1.165) is 11.8 Å². The zero-order valence-corrected chi connectivity index (χ0v) is 12.4. The summed E-state index contributed by atoms with van der Waals surface area (Å²) in [5.74, 6) is 1.64. The maximum atomic E-state index is 2.44. The van der Waals surface area contributed by atoms with Gasteiger partial charge in [0, 0.05) is 0 Å². The fraction of sp³-hybridized carbons (Fsp3) is 0.385. The molecule has 0 fully saturated rings. The van der Waals surface area contributed by atoms with E-state index in [2.05, 4.69) is 25.2 Å². The van der Waals surface area contributed by atoms with E-state index < -0.39 is 0 Å². The van der Waals surface area contributed by atoms with Crippen molar-refractivity contribution in [2.75, 3.05) is 0 Å². The third-order valence-corrected chi connectivity index (χ3v) is 2.43. The summed E-state index contributed by atoms with van der Waals surface area (Å²) in [6.45, 7) is 2.25. The maximum Gasteiger partial charge on any atom is 4.00 e. The average Bonchev–Trinajstić information content (AvgIpc) is 2.45. The van der Waals surface area contributed by atoms with Crippen molar-refractivity contribution in [3.63, 3.8) is 0 Å². The maximum absolute atomic E-state index is 2.44. The molecule has 14 heavy (non-hydrogen) atoms. The molecule has 0 radical (unpaired) electrons. The van der Waals surface area contributed by atoms with E-state index in [1.807, 2.05) is 0 Å². The number of fused-ring (bicyclic) bond motifs is 2. The normalized spacial score (nSPS) is 24.2. The molecule has 0 aliphatic heterocycles. The first-order valence-corrected chi connectivity index (χ1v) is 3.79. The molecule has 2 rings (SSSR count). The SMILES string of the molecule is CCC1=CC2C=CC1C2.[CH3-].[CH3-].[CH3-].[CH3-].[Pt+4]. The largest absolute Gasteiger partial charge is 4.00 e. The van der Waals surface area contributed by atoms with E-state index in [0.29, 0.717) is 0 Å². The molecule has 86 valence electrons. The summed E-state index contributed by atoms with van der Waals surface area (Å²) in [5.41, 5.74) is 1.67. The summed E-state index contributed by atoms with van der Waals surface area (Å²) in [5, 5.41) is 0. The van der Waals surface area contributed by atoms with Crippen LogP contribution in [0.5, 0.6) is 0 Å². The quantitative estimate of drug-likeness (QED) is 0.473. The first-order valence-electron chi connectivity index (χ1n) is 3.79. The van der Waals surface area contributed by atoms with Gasteiger partial charge < -0.3 is 29.7 Å². The molecule has 0 aromatic heterocycles. The Morgan fingerprint density at radius 2 is 1.71 bits per heavy atom. The first kappa shape index (κ1) is 23.8. The van der Waals surface area contributed by atoms with Crippen LogP contribution in [0.1, 0.15) is 19.8 Å². The van der Waals surface area contributed by atoms with Crippen molar-refractivity contribution in [2.24, 2.45) is 11.8 Å². The van der Waals surface area contributed by atoms with Crippen LogP contribution in [0.3, 0.4) is 0 Å². The number of allylic oxidation sites excluding steroid dienone is 4. The second-order valence-corrected chi connectivity index (χ2v) is 2.99. The average molecular weight is 375 g/mol. The summed E-state index contributed by atoms with van der Waals surface area (Å²) in [6, 6.07) is 0. The van der Waals surface area contributed by atoms with Gasteiger partial charge in [-0.1, -0.05) is 30.7 Å². The molecule has 0 heterocycles. The van der Waals surface area contributed by atoms with Crippen LogP contribution in [0.25, 0.3) is 0 Å². The summed E-state index contributed by atoms with van der Waals surface area (Å²) in [4.78, 5) is 0. The third-order valence-electron chi connectivity index (χ3n) is 2.43. The van der Waals surface area contributed by atoms with E-state index in [-0.39, 0.29) is 50.8 Å². The van der Waals surface area contributed by atoms with Gasteiger partial charge in [-0.15, -0.1) is 0 Å². The Balaban J connectivity index is -0.0000001000. The molecule has 2 unspecified atom stereocenters. The van der Waals surface area contributed by atoms with Gasteiger partial charge in [0.1, 0.15) is 0 Å². The van der Waals surface area contributed by atoms with Crippen molar-refractivity contribution in [1.29, 1.82) is 0 Å². The molecular formula is C13H24Pt. The number of hydrogen-bond donors (Lipinski definition) is 0. The van der Waals surface area contributed by atoms with Crippen LogP contribution >= 0.6 is 0 Å². The van der Waals surface area contributed by atoms with Gasteiger partial charge in [0.05, 0.1) is 0 Å². The van der Waals surface area contributed by atoms with Crippen LogP contribution < -0.4 is 0 Å². The first-order chi connectivity index (χ1) is 4.40. The van der Waals surface area contributed by atoms with Gasteiger partial charge >= 0.3 is 21.1 Å². The molecule has 0 nitrogen and oxygen atoms in total. The molecule has 2 bridgehead atoms. The summed E-state index contributed by atoms with van der Waals surface area (Å²) >= 11 is 0. The molecule has 0 spiro atoms. The van der Waals surface area contributed by atoms with E-state index in [4.69, 9.17) is 0 Å². The van der Waals surface area contributed by atoms with E-state index in [1.165, 1.54) is 12.8 Å². The van der Waals surface area contributed by atoms with Gasteiger partial charge in [0.2, 0.25) is 0 Å². The van der Waals surface area contributed by atoms with Crippen LogP contribution in [-0.4, -0.2) is 0 Å². The summed E-state index contributed by atoms with van der Waals surface area (Å²) in [6.07, 6.45) is 9.77. The van der Waals surface area contributed by atoms with Crippen molar-refractivity contribution >= 4 is 0 Å². The van der Waals surface area contributed by atoms with Crippen LogP contribution in [0.4, 0.5) is 0 Å². The third kappa shape index (κ3) is 4.13. The van der Waals surface area contributed by atoms with E-state index >= 15 is 0 Å². The molecule has 0 saturated carbocycles. The van der Waals surface area contributed by atoms with Gasteiger partial charge in [-0.25, -0.2) is 0 Å². The van der Waals surface area contributed by atoms with Gasteiger partial charge in [-0.3, -0.25) is 0 Å². The minimum atomic E-state index is 0. The molecule has 0 aromatic carbocycles. The van der Waals surface area contributed by atoms with E-state index in [1.54, 1.807) is 5.57 Å². The smallest absolute Gasteiger partial charge is 0.358 e. The van der Waals surface area contributed by atoms with Gasteiger partial charge in [-0.2, -0.15) is 0 Å². The van der Waals surface area contributed by atoms with Crippen molar-refractivity contribution in [3.8, 4) is 0 Å². The monoisotopic (exact) mass is 375 g/mol. The zero-order valence-electron chi connectivity index (χ0n) is 10.1. The Kier molecular flexibility index (Phi) is 16.5. The van der Waals surface area contributed by atoms with Crippen LogP contribution in [0.15, 0.2) is 23.8 Å². The van der Waals surface area contributed by atoms with E-state index in [9.17, 15) is 0 Å². The summed E-state index contributed by atoms with van der Waals surface area (Å²) in [7, 11) is 0. The molecule has 0 aromatic rings. The predicted molar refractivity (Wildman–Crippen MR) is 64.8 cm³/mol. The Hall–Kier alpha value is 0.168. The Morgan fingerprint density at radius 1 is 1.14 bits per heavy atom. The van der Waals surface area contributed by atoms with Crippen LogP contribution in [0, 0.1) is 41.5 Å². The minimum Gasteiger partial charge on any atom is -0.358 e. The number of hydrogen-bond acceptors (Lipinski definition) is 0. The Bertz CT molecular complexity index is 180. The fourth-order valence-electron chi connectivity index (χ4n) is 1.90. The molecule has 0 amide bonds. The predicted octanol–water partition coefficient (Wildman–Crippen LogP) is 4.33. The topological polar surface area (TPSA) is 0 Å².